The van der Waals surface area contributed by atoms with Crippen molar-refractivity contribution in [2.75, 3.05) is 0 Å². The Bertz CT molecular complexity index is 927. The van der Waals surface area contributed by atoms with Crippen LogP contribution in [0.5, 0.6) is 0 Å². The van der Waals surface area contributed by atoms with Gasteiger partial charge in [-0.05, 0) is 34.4 Å². The summed E-state index contributed by atoms with van der Waals surface area (Å²) in [5.41, 5.74) is 3.86. The number of fused-ring (bicyclic) bond motifs is 1. The zero-order chi connectivity index (χ0) is 18.0. The number of hydrogen-bond donors (Lipinski definition) is 0. The summed E-state index contributed by atoms with van der Waals surface area (Å²) >= 11 is 0. The molecule has 2 aromatic carbocycles. The maximum Gasteiger partial charge on any atom is 0.258 e. The van der Waals surface area contributed by atoms with Crippen LogP contribution in [0.2, 0.25) is 0 Å². The second kappa shape index (κ2) is 6.87. The normalized spacial score (nSPS) is 11.8. The molecule has 0 fully saturated rings. The van der Waals surface area contributed by atoms with Crippen LogP contribution in [0.15, 0.2) is 59.5 Å². The Morgan fingerprint density at radius 2 is 1.56 bits per heavy atom. The van der Waals surface area contributed by atoms with E-state index in [0.717, 1.165) is 41.3 Å². The van der Waals surface area contributed by atoms with Gasteiger partial charge in [-0.3, -0.25) is 4.79 Å². The molecule has 0 aliphatic rings. The Morgan fingerprint density at radius 3 is 2.16 bits per heavy atom. The monoisotopic (exact) mass is 333 g/mol. The van der Waals surface area contributed by atoms with Gasteiger partial charge in [-0.25, -0.2) is 0 Å². The van der Waals surface area contributed by atoms with Crippen molar-refractivity contribution < 1.29 is 0 Å². The molecule has 3 rings (SSSR count). The molecule has 0 saturated heterocycles. The van der Waals surface area contributed by atoms with Gasteiger partial charge in [0.15, 0.2) is 0 Å². The maximum absolute atomic E-state index is 12.8. The quantitative estimate of drug-likeness (QED) is 0.594. The minimum absolute atomic E-state index is 0.110. The van der Waals surface area contributed by atoms with Crippen LogP contribution in [0.3, 0.4) is 0 Å². The van der Waals surface area contributed by atoms with E-state index in [-0.39, 0.29) is 11.0 Å². The number of rotatable bonds is 4. The van der Waals surface area contributed by atoms with E-state index >= 15 is 0 Å². The summed E-state index contributed by atoms with van der Waals surface area (Å²) in [5.74, 6) is 0. The van der Waals surface area contributed by atoms with Gasteiger partial charge in [0.05, 0.1) is 0 Å². The topological polar surface area (TPSA) is 22.0 Å². The number of benzene rings is 2. The van der Waals surface area contributed by atoms with Gasteiger partial charge in [0.2, 0.25) is 0 Å². The Morgan fingerprint density at radius 1 is 0.920 bits per heavy atom. The molecular formula is C23H27NO. The summed E-state index contributed by atoms with van der Waals surface area (Å²) < 4.78 is 1.87. The molecule has 0 bridgehead atoms. The van der Waals surface area contributed by atoms with Gasteiger partial charge in [-0.15, -0.1) is 0 Å². The SMILES string of the molecule is CCCCn1cc(-c2ccc(C(C)(C)C)cc2)c2ccccc2c1=O. The lowest BCUT2D eigenvalue weighted by Gasteiger charge is -2.19. The van der Waals surface area contributed by atoms with Crippen LogP contribution >= 0.6 is 0 Å². The molecule has 1 aromatic heterocycles. The lowest BCUT2D eigenvalue weighted by Crippen LogP contribution is -2.20. The number of hydrogen-bond acceptors (Lipinski definition) is 1. The summed E-state index contributed by atoms with van der Waals surface area (Å²) in [6.45, 7) is 9.60. The number of aryl methyl sites for hydroxylation is 1. The third-order valence-corrected chi connectivity index (χ3v) is 4.81. The van der Waals surface area contributed by atoms with Crippen LogP contribution in [0.25, 0.3) is 21.9 Å². The lowest BCUT2D eigenvalue weighted by atomic mass is 9.86. The van der Waals surface area contributed by atoms with Gasteiger partial charge >= 0.3 is 0 Å². The average molecular weight is 333 g/mol. The molecule has 0 atom stereocenters. The number of unbranched alkanes of at least 4 members (excludes halogenated alkanes) is 1. The Hall–Kier alpha value is -2.35. The second-order valence-electron chi connectivity index (χ2n) is 7.77. The van der Waals surface area contributed by atoms with Crippen LogP contribution in [0.1, 0.15) is 46.1 Å². The van der Waals surface area contributed by atoms with Gasteiger partial charge in [0.25, 0.3) is 5.56 Å². The first-order valence-electron chi connectivity index (χ1n) is 9.15. The smallest absolute Gasteiger partial charge is 0.258 e. The van der Waals surface area contributed by atoms with E-state index in [4.69, 9.17) is 0 Å². The Kier molecular flexibility index (Phi) is 4.80. The first-order valence-corrected chi connectivity index (χ1v) is 9.15. The molecular weight excluding hydrogens is 306 g/mol. The molecule has 0 saturated carbocycles. The van der Waals surface area contributed by atoms with Gasteiger partial charge in [0.1, 0.15) is 0 Å². The molecule has 130 valence electrons. The van der Waals surface area contributed by atoms with Crippen molar-refractivity contribution >= 4 is 10.8 Å². The lowest BCUT2D eigenvalue weighted by molar-refractivity contribution is 0.590. The van der Waals surface area contributed by atoms with E-state index in [0.29, 0.717) is 0 Å². The minimum Gasteiger partial charge on any atom is -0.314 e. The number of nitrogens with zero attached hydrogens (tertiary/aromatic N) is 1. The standard InChI is InChI=1S/C23H27NO/c1-5-6-15-24-16-21(19-9-7-8-10-20(19)22(24)25)17-11-13-18(14-12-17)23(2,3)4/h7-14,16H,5-6,15H2,1-4H3. The highest BCUT2D eigenvalue weighted by Crippen LogP contribution is 2.29. The predicted molar refractivity (Wildman–Crippen MR) is 107 cm³/mol. The Labute approximate surface area is 150 Å². The molecule has 2 nitrogen and oxygen atoms in total. The van der Waals surface area contributed by atoms with Crippen molar-refractivity contribution in [1.29, 1.82) is 0 Å². The molecule has 0 N–H and O–H groups in total. The Balaban J connectivity index is 2.17. The van der Waals surface area contributed by atoms with E-state index in [9.17, 15) is 4.79 Å². The van der Waals surface area contributed by atoms with Crippen molar-refractivity contribution in [3.8, 4) is 11.1 Å². The molecule has 0 amide bonds. The van der Waals surface area contributed by atoms with Gasteiger partial charge in [-0.1, -0.05) is 76.6 Å². The minimum atomic E-state index is 0.110. The first kappa shape index (κ1) is 17.5. The average Bonchev–Trinajstić information content (AvgIpc) is 2.61. The largest absolute Gasteiger partial charge is 0.314 e. The molecule has 3 aromatic rings. The summed E-state index contributed by atoms with van der Waals surface area (Å²) in [5, 5.41) is 1.83. The molecule has 0 unspecified atom stereocenters. The van der Waals surface area contributed by atoms with Gasteiger partial charge in [-0.2, -0.15) is 0 Å². The summed E-state index contributed by atoms with van der Waals surface area (Å²) in [6.07, 6.45) is 4.13. The summed E-state index contributed by atoms with van der Waals surface area (Å²) in [7, 11) is 0. The fourth-order valence-corrected chi connectivity index (χ4v) is 3.22. The highest BCUT2D eigenvalue weighted by molar-refractivity contribution is 5.95. The van der Waals surface area contributed by atoms with Crippen LogP contribution in [0, 0.1) is 0 Å². The van der Waals surface area contributed by atoms with Gasteiger partial charge < -0.3 is 4.57 Å². The van der Waals surface area contributed by atoms with Crippen molar-refractivity contribution in [2.24, 2.45) is 0 Å². The van der Waals surface area contributed by atoms with Crippen molar-refractivity contribution in [3.63, 3.8) is 0 Å². The predicted octanol–water partition coefficient (Wildman–Crippen LogP) is 5.77. The second-order valence-corrected chi connectivity index (χ2v) is 7.77. The third kappa shape index (κ3) is 3.53. The summed E-state index contributed by atoms with van der Waals surface area (Å²) in [4.78, 5) is 12.8. The number of pyridine rings is 1. The van der Waals surface area contributed by atoms with Crippen molar-refractivity contribution in [3.05, 3.63) is 70.6 Å². The van der Waals surface area contributed by atoms with E-state index in [2.05, 4.69) is 52.0 Å². The van der Waals surface area contributed by atoms with Crippen LogP contribution in [-0.2, 0) is 12.0 Å². The molecule has 0 aliphatic heterocycles. The fourth-order valence-electron chi connectivity index (χ4n) is 3.22. The van der Waals surface area contributed by atoms with Gasteiger partial charge in [0, 0.05) is 23.7 Å². The summed E-state index contributed by atoms with van der Waals surface area (Å²) in [6, 6.07) is 16.7. The van der Waals surface area contributed by atoms with Crippen LogP contribution in [0.4, 0.5) is 0 Å². The molecule has 0 aliphatic carbocycles. The molecule has 2 heteroatoms. The zero-order valence-electron chi connectivity index (χ0n) is 15.7. The van der Waals surface area contributed by atoms with E-state index in [1.165, 1.54) is 5.56 Å². The van der Waals surface area contributed by atoms with Crippen molar-refractivity contribution in [2.45, 2.75) is 52.5 Å². The maximum atomic E-state index is 12.8. The molecule has 1 heterocycles. The highest BCUT2D eigenvalue weighted by atomic mass is 16.1. The number of aromatic nitrogens is 1. The fraction of sp³-hybridized carbons (Fsp3) is 0.348. The van der Waals surface area contributed by atoms with Crippen LogP contribution in [-0.4, -0.2) is 4.57 Å². The third-order valence-electron chi connectivity index (χ3n) is 4.81. The first-order chi connectivity index (χ1) is 11.9. The highest BCUT2D eigenvalue weighted by Gasteiger charge is 2.14. The molecule has 0 spiro atoms. The van der Waals surface area contributed by atoms with E-state index in [1.807, 2.05) is 35.0 Å². The molecule has 25 heavy (non-hydrogen) atoms. The molecule has 0 radical (unpaired) electrons. The van der Waals surface area contributed by atoms with Crippen molar-refractivity contribution in [1.82, 2.24) is 4.57 Å². The van der Waals surface area contributed by atoms with Crippen LogP contribution < -0.4 is 5.56 Å². The van der Waals surface area contributed by atoms with E-state index < -0.39 is 0 Å². The van der Waals surface area contributed by atoms with E-state index in [1.54, 1.807) is 0 Å². The zero-order valence-corrected chi connectivity index (χ0v) is 15.7.